The minimum Gasteiger partial charge on any atom is -0.370 e. The summed E-state index contributed by atoms with van der Waals surface area (Å²) in [5.41, 5.74) is 5.58. The lowest BCUT2D eigenvalue weighted by atomic mass is 10.0. The molecule has 0 saturated carbocycles. The standard InChI is InChI=1S/C32H32ClFN6/c1-37-14-16-39(17-15-37)25-9-12-38(13-10-25)26-19-23-18-22(5-8-29(23)35-21-26)32-31(27-20-24(33)6-7-28(27)34)36-30-4-2-3-11-40(30)32/h2-8,11,18-21,25H,9-10,12-17H2,1H3. The zero-order valence-corrected chi connectivity index (χ0v) is 23.4. The highest BCUT2D eigenvalue weighted by Crippen LogP contribution is 2.37. The molecule has 2 fully saturated rings. The normalized spacial score (nSPS) is 17.7. The average molecular weight is 555 g/mol. The van der Waals surface area contributed by atoms with E-state index in [0.29, 0.717) is 22.3 Å². The van der Waals surface area contributed by atoms with Crippen LogP contribution in [-0.4, -0.2) is 76.5 Å². The number of rotatable bonds is 4. The van der Waals surface area contributed by atoms with Gasteiger partial charge >= 0.3 is 0 Å². The molecular weight excluding hydrogens is 523 g/mol. The number of imidazole rings is 1. The van der Waals surface area contributed by atoms with E-state index in [1.165, 1.54) is 32.0 Å². The van der Waals surface area contributed by atoms with Crippen LogP contribution in [0.15, 0.2) is 73.1 Å². The summed E-state index contributed by atoms with van der Waals surface area (Å²) in [5, 5.41) is 1.53. The van der Waals surface area contributed by atoms with E-state index in [4.69, 9.17) is 21.6 Å². The van der Waals surface area contributed by atoms with Crippen LogP contribution < -0.4 is 4.90 Å². The van der Waals surface area contributed by atoms with E-state index >= 15 is 4.39 Å². The molecule has 0 amide bonds. The third-order valence-corrected chi connectivity index (χ3v) is 8.77. The Morgan fingerprint density at radius 2 is 1.73 bits per heavy atom. The van der Waals surface area contributed by atoms with Crippen molar-refractivity contribution < 1.29 is 4.39 Å². The van der Waals surface area contributed by atoms with Crippen molar-refractivity contribution in [2.24, 2.45) is 0 Å². The summed E-state index contributed by atoms with van der Waals surface area (Å²) in [5.74, 6) is -0.348. The van der Waals surface area contributed by atoms with Crippen molar-refractivity contribution >= 4 is 33.8 Å². The summed E-state index contributed by atoms with van der Waals surface area (Å²) in [7, 11) is 2.21. The van der Waals surface area contributed by atoms with Gasteiger partial charge < -0.3 is 9.80 Å². The SMILES string of the molecule is CN1CCN(C2CCN(c3cnc4ccc(-c5c(-c6cc(Cl)ccc6F)nc6ccccn56)cc4c3)CC2)CC1. The molecule has 6 nitrogen and oxygen atoms in total. The van der Waals surface area contributed by atoms with Crippen molar-refractivity contribution in [2.45, 2.75) is 18.9 Å². The van der Waals surface area contributed by atoms with E-state index in [-0.39, 0.29) is 5.82 Å². The van der Waals surface area contributed by atoms with Gasteiger partial charge in [0.25, 0.3) is 0 Å². The van der Waals surface area contributed by atoms with Crippen molar-refractivity contribution in [3.8, 4) is 22.5 Å². The van der Waals surface area contributed by atoms with Crippen LogP contribution in [0.4, 0.5) is 10.1 Å². The monoisotopic (exact) mass is 554 g/mol. The van der Waals surface area contributed by atoms with Crippen LogP contribution in [0.2, 0.25) is 5.02 Å². The van der Waals surface area contributed by atoms with E-state index in [1.54, 1.807) is 12.1 Å². The van der Waals surface area contributed by atoms with Crippen LogP contribution in [0.1, 0.15) is 12.8 Å². The Morgan fingerprint density at radius 1 is 0.900 bits per heavy atom. The second-order valence-electron chi connectivity index (χ2n) is 11.0. The Hall–Kier alpha value is -3.52. The highest BCUT2D eigenvalue weighted by Gasteiger charge is 2.27. The molecule has 0 atom stereocenters. The van der Waals surface area contributed by atoms with E-state index in [2.05, 4.69) is 33.9 Å². The molecule has 40 heavy (non-hydrogen) atoms. The fourth-order valence-electron chi connectivity index (χ4n) is 6.25. The Bertz CT molecular complexity index is 1680. The lowest BCUT2D eigenvalue weighted by Gasteiger charge is -2.42. The predicted octanol–water partition coefficient (Wildman–Crippen LogP) is 6.23. The van der Waals surface area contributed by atoms with Crippen LogP contribution in [0, 0.1) is 5.82 Å². The molecule has 2 aliphatic heterocycles. The lowest BCUT2D eigenvalue weighted by Crippen LogP contribution is -2.52. The average Bonchev–Trinajstić information content (AvgIpc) is 3.38. The summed E-state index contributed by atoms with van der Waals surface area (Å²) in [6.07, 6.45) is 6.32. The summed E-state index contributed by atoms with van der Waals surface area (Å²) >= 11 is 6.27. The van der Waals surface area contributed by atoms with Gasteiger partial charge in [0.15, 0.2) is 0 Å². The second kappa shape index (κ2) is 10.5. The van der Waals surface area contributed by atoms with Crippen LogP contribution in [0.25, 0.3) is 39.1 Å². The van der Waals surface area contributed by atoms with Gasteiger partial charge in [-0.3, -0.25) is 14.3 Å². The molecule has 2 saturated heterocycles. The number of hydrogen-bond donors (Lipinski definition) is 0. The molecule has 8 heteroatoms. The van der Waals surface area contributed by atoms with Gasteiger partial charge in [-0.1, -0.05) is 23.7 Å². The fourth-order valence-corrected chi connectivity index (χ4v) is 6.43. The number of anilines is 1. The van der Waals surface area contributed by atoms with Gasteiger partial charge in [0.05, 0.1) is 23.1 Å². The molecule has 0 bridgehead atoms. The summed E-state index contributed by atoms with van der Waals surface area (Å²) in [6.45, 7) is 6.74. The van der Waals surface area contributed by atoms with Gasteiger partial charge in [0.2, 0.25) is 0 Å². The number of piperidine rings is 1. The van der Waals surface area contributed by atoms with E-state index in [0.717, 1.165) is 59.7 Å². The number of pyridine rings is 2. The fraction of sp³-hybridized carbons (Fsp3) is 0.312. The first-order valence-corrected chi connectivity index (χ1v) is 14.4. The number of piperazine rings is 1. The Labute approximate surface area is 238 Å². The summed E-state index contributed by atoms with van der Waals surface area (Å²) in [6, 6.07) is 19.6. The predicted molar refractivity (Wildman–Crippen MR) is 161 cm³/mol. The number of halogens is 2. The molecule has 3 aromatic heterocycles. The van der Waals surface area contributed by atoms with Gasteiger partial charge in [-0.25, -0.2) is 9.37 Å². The number of fused-ring (bicyclic) bond motifs is 2. The van der Waals surface area contributed by atoms with E-state index < -0.39 is 0 Å². The van der Waals surface area contributed by atoms with Crippen molar-refractivity contribution in [1.82, 2.24) is 24.2 Å². The van der Waals surface area contributed by atoms with E-state index in [9.17, 15) is 0 Å². The van der Waals surface area contributed by atoms with Gasteiger partial charge in [0.1, 0.15) is 17.2 Å². The minimum absolute atomic E-state index is 0.348. The zero-order valence-electron chi connectivity index (χ0n) is 22.6. The van der Waals surface area contributed by atoms with Crippen molar-refractivity contribution in [3.05, 3.63) is 83.9 Å². The van der Waals surface area contributed by atoms with Crippen LogP contribution in [0.3, 0.4) is 0 Å². The molecule has 0 radical (unpaired) electrons. The number of likely N-dealkylation sites (N-methyl/N-ethyl adjacent to an activating group) is 1. The molecule has 2 aliphatic rings. The number of nitrogens with zero attached hydrogens (tertiary/aromatic N) is 6. The first kappa shape index (κ1) is 25.4. The number of benzene rings is 2. The maximum Gasteiger partial charge on any atom is 0.137 e. The summed E-state index contributed by atoms with van der Waals surface area (Å²) < 4.78 is 17.0. The molecule has 7 rings (SSSR count). The van der Waals surface area contributed by atoms with Crippen LogP contribution in [-0.2, 0) is 0 Å². The minimum atomic E-state index is -0.348. The first-order valence-electron chi connectivity index (χ1n) is 14.0. The Kier molecular flexibility index (Phi) is 6.66. The molecule has 204 valence electrons. The third kappa shape index (κ3) is 4.72. The smallest absolute Gasteiger partial charge is 0.137 e. The molecule has 0 aliphatic carbocycles. The van der Waals surface area contributed by atoms with Gasteiger partial charge in [-0.15, -0.1) is 0 Å². The molecule has 0 unspecified atom stereocenters. The third-order valence-electron chi connectivity index (χ3n) is 8.54. The summed E-state index contributed by atoms with van der Waals surface area (Å²) in [4.78, 5) is 17.2. The highest BCUT2D eigenvalue weighted by molar-refractivity contribution is 6.30. The molecule has 2 aromatic carbocycles. The van der Waals surface area contributed by atoms with Crippen LogP contribution in [0.5, 0.6) is 0 Å². The van der Waals surface area contributed by atoms with E-state index in [1.807, 2.05) is 47.1 Å². The number of hydrogen-bond acceptors (Lipinski definition) is 5. The molecule has 5 heterocycles. The second-order valence-corrected chi connectivity index (χ2v) is 11.5. The van der Waals surface area contributed by atoms with Crippen molar-refractivity contribution in [2.75, 3.05) is 51.2 Å². The first-order chi connectivity index (χ1) is 19.5. The molecule has 0 spiro atoms. The van der Waals surface area contributed by atoms with Crippen LogP contribution >= 0.6 is 11.6 Å². The molecule has 0 N–H and O–H groups in total. The highest BCUT2D eigenvalue weighted by atomic mass is 35.5. The van der Waals surface area contributed by atoms with Crippen molar-refractivity contribution in [3.63, 3.8) is 0 Å². The Morgan fingerprint density at radius 3 is 2.55 bits per heavy atom. The Balaban J connectivity index is 1.22. The topological polar surface area (TPSA) is 39.9 Å². The number of aromatic nitrogens is 3. The van der Waals surface area contributed by atoms with Gasteiger partial charge in [0, 0.05) is 73.0 Å². The zero-order chi connectivity index (χ0) is 27.2. The van der Waals surface area contributed by atoms with Gasteiger partial charge in [-0.2, -0.15) is 0 Å². The lowest BCUT2D eigenvalue weighted by molar-refractivity contribution is 0.0982. The largest absolute Gasteiger partial charge is 0.370 e. The molecular formula is C32H32ClFN6. The van der Waals surface area contributed by atoms with Gasteiger partial charge in [-0.05, 0) is 68.4 Å². The molecule has 5 aromatic rings. The maximum atomic E-state index is 15.0. The quantitative estimate of drug-likeness (QED) is 0.263. The maximum absolute atomic E-state index is 15.0. The van der Waals surface area contributed by atoms with Crippen molar-refractivity contribution in [1.29, 1.82) is 0 Å².